The topological polar surface area (TPSA) is 45.2 Å². The number of nitrogens with one attached hydrogen (secondary N) is 1. The molecule has 0 unspecified atom stereocenters. The van der Waals surface area contributed by atoms with E-state index < -0.39 is 0 Å². The highest BCUT2D eigenvalue weighted by molar-refractivity contribution is 7.18. The number of carbonyl (C=O) groups is 1. The quantitative estimate of drug-likeness (QED) is 0.943. The standard InChI is InChI=1S/C17H23N3OS/c1-3-18-16(21)12(2)20-10-8-13(9-11-20)17-19-14-6-4-5-7-15(14)22-17/h4-7,12-13H,3,8-11H2,1-2H3,(H,18,21)/t12-/m1/s1. The first-order chi connectivity index (χ1) is 10.7. The van der Waals surface area contributed by atoms with Crippen LogP contribution in [-0.2, 0) is 4.79 Å². The molecule has 0 radical (unpaired) electrons. The SMILES string of the molecule is CCNC(=O)[C@@H](C)N1CCC(c2nc3ccccc3s2)CC1. The molecule has 1 aromatic heterocycles. The number of rotatable bonds is 4. The fraction of sp³-hybridized carbons (Fsp3) is 0.529. The molecule has 0 aliphatic carbocycles. The maximum Gasteiger partial charge on any atom is 0.237 e. The van der Waals surface area contributed by atoms with E-state index in [9.17, 15) is 4.79 Å². The number of piperidine rings is 1. The van der Waals surface area contributed by atoms with Crippen LogP contribution in [0.25, 0.3) is 10.2 Å². The van der Waals surface area contributed by atoms with Crippen molar-refractivity contribution >= 4 is 27.5 Å². The predicted molar refractivity (Wildman–Crippen MR) is 91.3 cm³/mol. The number of aromatic nitrogens is 1. The van der Waals surface area contributed by atoms with Gasteiger partial charge in [0.1, 0.15) is 0 Å². The molecule has 1 aliphatic rings. The van der Waals surface area contributed by atoms with Crippen molar-refractivity contribution < 1.29 is 4.79 Å². The Morgan fingerprint density at radius 3 is 2.82 bits per heavy atom. The van der Waals surface area contributed by atoms with Gasteiger partial charge in [0.2, 0.25) is 5.91 Å². The first-order valence-electron chi connectivity index (χ1n) is 8.06. The third-order valence-electron chi connectivity index (χ3n) is 4.47. The lowest BCUT2D eigenvalue weighted by atomic mass is 9.96. The van der Waals surface area contributed by atoms with Crippen LogP contribution in [0.5, 0.6) is 0 Å². The van der Waals surface area contributed by atoms with Crippen LogP contribution in [0.2, 0.25) is 0 Å². The van der Waals surface area contributed by atoms with Crippen molar-refractivity contribution in [3.05, 3.63) is 29.3 Å². The molecule has 1 N–H and O–H groups in total. The summed E-state index contributed by atoms with van der Waals surface area (Å²) in [6.07, 6.45) is 2.17. The van der Waals surface area contributed by atoms with Crippen LogP contribution in [-0.4, -0.2) is 41.5 Å². The second-order valence-corrected chi connectivity index (χ2v) is 6.96. The van der Waals surface area contributed by atoms with Crippen molar-refractivity contribution in [3.63, 3.8) is 0 Å². The summed E-state index contributed by atoms with van der Waals surface area (Å²) >= 11 is 1.82. The number of benzene rings is 1. The number of nitrogens with zero attached hydrogens (tertiary/aromatic N) is 2. The van der Waals surface area contributed by atoms with Crippen LogP contribution in [0.3, 0.4) is 0 Å². The highest BCUT2D eigenvalue weighted by atomic mass is 32.1. The molecule has 0 saturated carbocycles. The number of thiazole rings is 1. The van der Waals surface area contributed by atoms with Crippen molar-refractivity contribution in [1.29, 1.82) is 0 Å². The maximum absolute atomic E-state index is 11.9. The number of amides is 1. The summed E-state index contributed by atoms with van der Waals surface area (Å²) in [4.78, 5) is 19.0. The third-order valence-corrected chi connectivity index (χ3v) is 5.67. The van der Waals surface area contributed by atoms with Gasteiger partial charge in [0.25, 0.3) is 0 Å². The minimum Gasteiger partial charge on any atom is -0.355 e. The van der Waals surface area contributed by atoms with E-state index in [0.717, 1.165) is 31.4 Å². The van der Waals surface area contributed by atoms with Gasteiger partial charge in [-0.2, -0.15) is 0 Å². The zero-order chi connectivity index (χ0) is 15.5. The number of hydrogen-bond donors (Lipinski definition) is 1. The van der Waals surface area contributed by atoms with E-state index in [1.54, 1.807) is 0 Å². The Morgan fingerprint density at radius 1 is 1.41 bits per heavy atom. The summed E-state index contributed by atoms with van der Waals surface area (Å²) in [5.74, 6) is 0.677. The van der Waals surface area contributed by atoms with Gasteiger partial charge in [0, 0.05) is 12.5 Å². The fourth-order valence-corrected chi connectivity index (χ4v) is 4.22. The van der Waals surface area contributed by atoms with Crippen molar-refractivity contribution in [3.8, 4) is 0 Å². The molecule has 1 aliphatic heterocycles. The second-order valence-electron chi connectivity index (χ2n) is 5.90. The van der Waals surface area contributed by atoms with Crippen molar-refractivity contribution in [2.45, 2.75) is 38.6 Å². The molecule has 3 rings (SSSR count). The maximum atomic E-state index is 11.9. The highest BCUT2D eigenvalue weighted by Crippen LogP contribution is 2.34. The van der Waals surface area contributed by atoms with Gasteiger partial charge in [0.05, 0.1) is 21.3 Å². The first-order valence-corrected chi connectivity index (χ1v) is 8.88. The largest absolute Gasteiger partial charge is 0.355 e. The van der Waals surface area contributed by atoms with E-state index in [-0.39, 0.29) is 11.9 Å². The lowest BCUT2D eigenvalue weighted by Gasteiger charge is -2.34. The Morgan fingerprint density at radius 2 is 2.14 bits per heavy atom. The predicted octanol–water partition coefficient (Wildman–Crippen LogP) is 3.00. The van der Waals surface area contributed by atoms with Crippen LogP contribution < -0.4 is 5.32 Å². The Bertz CT molecular complexity index is 613. The zero-order valence-electron chi connectivity index (χ0n) is 13.2. The minimum atomic E-state index is -0.0312. The van der Waals surface area contributed by atoms with Gasteiger partial charge in [-0.05, 0) is 51.9 Å². The number of fused-ring (bicyclic) bond motifs is 1. The monoisotopic (exact) mass is 317 g/mol. The van der Waals surface area contributed by atoms with E-state index in [4.69, 9.17) is 4.98 Å². The highest BCUT2D eigenvalue weighted by Gasteiger charge is 2.28. The van der Waals surface area contributed by atoms with E-state index in [1.807, 2.05) is 31.3 Å². The van der Waals surface area contributed by atoms with Crippen LogP contribution >= 0.6 is 11.3 Å². The van der Waals surface area contributed by atoms with E-state index in [2.05, 4.69) is 28.4 Å². The average Bonchev–Trinajstić information content (AvgIpc) is 2.98. The zero-order valence-corrected chi connectivity index (χ0v) is 14.0. The van der Waals surface area contributed by atoms with Crippen LogP contribution in [0, 0.1) is 0 Å². The van der Waals surface area contributed by atoms with E-state index in [1.165, 1.54) is 9.71 Å². The van der Waals surface area contributed by atoms with Crippen LogP contribution in [0.1, 0.15) is 37.6 Å². The van der Waals surface area contributed by atoms with Crippen LogP contribution in [0.15, 0.2) is 24.3 Å². The van der Waals surface area contributed by atoms with Gasteiger partial charge in [0.15, 0.2) is 0 Å². The normalized spacial score (nSPS) is 18.5. The van der Waals surface area contributed by atoms with Gasteiger partial charge in [-0.25, -0.2) is 4.98 Å². The molecule has 2 aromatic rings. The van der Waals surface area contributed by atoms with Crippen molar-refractivity contribution in [2.75, 3.05) is 19.6 Å². The molecular weight excluding hydrogens is 294 g/mol. The minimum absolute atomic E-state index is 0.0312. The Hall–Kier alpha value is -1.46. The van der Waals surface area contributed by atoms with Gasteiger partial charge in [-0.3, -0.25) is 9.69 Å². The molecule has 1 fully saturated rings. The number of hydrogen-bond acceptors (Lipinski definition) is 4. The van der Waals surface area contributed by atoms with Crippen LogP contribution in [0.4, 0.5) is 0 Å². The van der Waals surface area contributed by atoms with Gasteiger partial charge >= 0.3 is 0 Å². The summed E-state index contributed by atoms with van der Waals surface area (Å²) < 4.78 is 1.27. The molecule has 1 amide bonds. The molecule has 4 nitrogen and oxygen atoms in total. The Labute approximate surface area is 135 Å². The summed E-state index contributed by atoms with van der Waals surface area (Å²) in [6, 6.07) is 8.31. The van der Waals surface area contributed by atoms with Crippen molar-refractivity contribution in [2.24, 2.45) is 0 Å². The molecule has 1 aromatic carbocycles. The first kappa shape index (κ1) is 15.4. The molecule has 118 valence electrons. The van der Waals surface area contributed by atoms with E-state index >= 15 is 0 Å². The van der Waals surface area contributed by atoms with Gasteiger partial charge in [-0.15, -0.1) is 11.3 Å². The lowest BCUT2D eigenvalue weighted by Crippen LogP contribution is -2.48. The molecular formula is C17H23N3OS. The summed E-state index contributed by atoms with van der Waals surface area (Å²) in [7, 11) is 0. The lowest BCUT2D eigenvalue weighted by molar-refractivity contribution is -0.126. The van der Waals surface area contributed by atoms with E-state index in [0.29, 0.717) is 12.5 Å². The summed E-state index contributed by atoms with van der Waals surface area (Å²) in [6.45, 7) is 6.61. The number of likely N-dealkylation sites (tertiary alicyclic amines) is 1. The molecule has 0 spiro atoms. The number of likely N-dealkylation sites (N-methyl/N-ethyl adjacent to an activating group) is 1. The van der Waals surface area contributed by atoms with Gasteiger partial charge in [-0.1, -0.05) is 12.1 Å². The third kappa shape index (κ3) is 3.15. The molecule has 2 heterocycles. The second kappa shape index (κ2) is 6.75. The molecule has 5 heteroatoms. The number of carbonyl (C=O) groups excluding carboxylic acids is 1. The molecule has 1 atom stereocenters. The smallest absolute Gasteiger partial charge is 0.237 e. The Kier molecular flexibility index (Phi) is 4.74. The molecule has 0 bridgehead atoms. The summed E-state index contributed by atoms with van der Waals surface area (Å²) in [5, 5.41) is 4.17. The molecule has 1 saturated heterocycles. The molecule has 22 heavy (non-hydrogen) atoms. The Balaban J connectivity index is 1.62. The van der Waals surface area contributed by atoms with Gasteiger partial charge < -0.3 is 5.32 Å². The van der Waals surface area contributed by atoms with Crippen molar-refractivity contribution in [1.82, 2.24) is 15.2 Å². The average molecular weight is 317 g/mol. The number of para-hydroxylation sites is 1. The summed E-state index contributed by atoms with van der Waals surface area (Å²) in [5.41, 5.74) is 1.11. The fourth-order valence-electron chi connectivity index (χ4n) is 3.09.